The molecule has 1 aliphatic rings. The minimum absolute atomic E-state index is 0.250. The van der Waals surface area contributed by atoms with Crippen molar-refractivity contribution in [1.82, 2.24) is 4.98 Å². The van der Waals surface area contributed by atoms with Gasteiger partial charge in [-0.1, -0.05) is 29.3 Å². The van der Waals surface area contributed by atoms with Gasteiger partial charge in [-0.05, 0) is 48.7 Å². The van der Waals surface area contributed by atoms with Crippen molar-refractivity contribution in [3.05, 3.63) is 81.8 Å². The molecule has 142 valence electrons. The molecule has 3 aromatic rings. The Balaban J connectivity index is 1.70. The maximum absolute atomic E-state index is 13.8. The molecule has 4 rings (SSSR count). The molecule has 0 fully saturated rings. The number of halogens is 3. The maximum Gasteiger partial charge on any atom is 0.262 e. The SMILES string of the molecule is O=C(c1ccncc1Oc1cc(Cl)ccc1Cl)N1CCCc2ccc(F)cc21. The average Bonchev–Trinajstić information content (AvgIpc) is 2.70. The van der Waals surface area contributed by atoms with E-state index < -0.39 is 0 Å². The van der Waals surface area contributed by atoms with E-state index in [0.717, 1.165) is 18.4 Å². The number of carbonyl (C=O) groups is 1. The number of nitrogens with zero attached hydrogens (tertiary/aromatic N) is 2. The highest BCUT2D eigenvalue weighted by Crippen LogP contribution is 2.35. The number of pyridine rings is 1. The summed E-state index contributed by atoms with van der Waals surface area (Å²) in [4.78, 5) is 18.9. The second kappa shape index (κ2) is 7.78. The molecule has 0 unspecified atom stereocenters. The van der Waals surface area contributed by atoms with Crippen LogP contribution in [0.25, 0.3) is 0 Å². The van der Waals surface area contributed by atoms with Crippen LogP contribution in [0.15, 0.2) is 54.9 Å². The third-order valence-electron chi connectivity index (χ3n) is 4.54. The van der Waals surface area contributed by atoms with Gasteiger partial charge in [0.05, 0.1) is 22.5 Å². The normalized spacial score (nSPS) is 13.2. The van der Waals surface area contributed by atoms with Crippen LogP contribution in [-0.4, -0.2) is 17.4 Å². The molecule has 0 saturated heterocycles. The highest BCUT2D eigenvalue weighted by atomic mass is 35.5. The molecule has 2 aromatic carbocycles. The highest BCUT2D eigenvalue weighted by Gasteiger charge is 2.26. The summed E-state index contributed by atoms with van der Waals surface area (Å²) in [6.45, 7) is 0.495. The van der Waals surface area contributed by atoms with Gasteiger partial charge in [0.1, 0.15) is 11.6 Å². The van der Waals surface area contributed by atoms with Crippen molar-refractivity contribution in [2.24, 2.45) is 0 Å². The summed E-state index contributed by atoms with van der Waals surface area (Å²) in [5, 5.41) is 0.814. The lowest BCUT2D eigenvalue weighted by Crippen LogP contribution is -2.35. The van der Waals surface area contributed by atoms with Crippen LogP contribution in [0.4, 0.5) is 10.1 Å². The third kappa shape index (κ3) is 3.68. The van der Waals surface area contributed by atoms with E-state index in [1.54, 1.807) is 35.2 Å². The molecule has 1 amide bonds. The van der Waals surface area contributed by atoms with E-state index in [-0.39, 0.29) is 17.5 Å². The summed E-state index contributed by atoms with van der Waals surface area (Å²) in [7, 11) is 0. The zero-order valence-electron chi connectivity index (χ0n) is 14.7. The lowest BCUT2D eigenvalue weighted by atomic mass is 10.0. The molecule has 0 bridgehead atoms. The summed E-state index contributed by atoms with van der Waals surface area (Å²) >= 11 is 12.2. The van der Waals surface area contributed by atoms with E-state index in [0.29, 0.717) is 33.6 Å². The minimum atomic E-state index is -0.379. The number of rotatable bonds is 3. The minimum Gasteiger partial charge on any atom is -0.453 e. The second-order valence-electron chi connectivity index (χ2n) is 6.38. The van der Waals surface area contributed by atoms with E-state index in [9.17, 15) is 9.18 Å². The van der Waals surface area contributed by atoms with Crippen molar-refractivity contribution in [3.63, 3.8) is 0 Å². The van der Waals surface area contributed by atoms with Gasteiger partial charge in [0.15, 0.2) is 5.75 Å². The van der Waals surface area contributed by atoms with E-state index in [1.165, 1.54) is 24.5 Å². The fourth-order valence-corrected chi connectivity index (χ4v) is 3.53. The number of carbonyl (C=O) groups excluding carboxylic acids is 1. The Morgan fingerprint density at radius 1 is 1.11 bits per heavy atom. The number of aromatic nitrogens is 1. The molecule has 0 spiro atoms. The molecule has 28 heavy (non-hydrogen) atoms. The number of anilines is 1. The first-order valence-electron chi connectivity index (χ1n) is 8.70. The van der Waals surface area contributed by atoms with Crippen LogP contribution in [0.5, 0.6) is 11.5 Å². The van der Waals surface area contributed by atoms with E-state index in [4.69, 9.17) is 27.9 Å². The van der Waals surface area contributed by atoms with Crippen molar-refractivity contribution in [2.75, 3.05) is 11.4 Å². The lowest BCUT2D eigenvalue weighted by Gasteiger charge is -2.30. The first-order chi connectivity index (χ1) is 13.5. The molecule has 1 aliphatic heterocycles. The van der Waals surface area contributed by atoms with Gasteiger partial charge in [0.2, 0.25) is 0 Å². The Labute approximate surface area is 171 Å². The molecule has 4 nitrogen and oxygen atoms in total. The number of fused-ring (bicyclic) bond motifs is 1. The number of amides is 1. The van der Waals surface area contributed by atoms with Crippen molar-refractivity contribution in [2.45, 2.75) is 12.8 Å². The van der Waals surface area contributed by atoms with Crippen LogP contribution in [0.1, 0.15) is 22.3 Å². The van der Waals surface area contributed by atoms with Crippen LogP contribution in [-0.2, 0) is 6.42 Å². The molecule has 0 aliphatic carbocycles. The topological polar surface area (TPSA) is 42.4 Å². The second-order valence-corrected chi connectivity index (χ2v) is 7.23. The summed E-state index contributed by atoms with van der Waals surface area (Å²) in [6.07, 6.45) is 4.56. The zero-order valence-corrected chi connectivity index (χ0v) is 16.2. The Kier molecular flexibility index (Phi) is 5.20. The largest absolute Gasteiger partial charge is 0.453 e. The molecule has 0 radical (unpaired) electrons. The summed E-state index contributed by atoms with van der Waals surface area (Å²) in [6, 6.07) is 10.9. The van der Waals surface area contributed by atoms with Crippen LogP contribution in [0.3, 0.4) is 0 Å². The van der Waals surface area contributed by atoms with Gasteiger partial charge in [0.25, 0.3) is 5.91 Å². The monoisotopic (exact) mass is 416 g/mol. The Morgan fingerprint density at radius 3 is 2.82 bits per heavy atom. The third-order valence-corrected chi connectivity index (χ3v) is 5.09. The van der Waals surface area contributed by atoms with Crippen LogP contribution >= 0.6 is 23.2 Å². The van der Waals surface area contributed by atoms with E-state index in [1.807, 2.05) is 0 Å². The van der Waals surface area contributed by atoms with Gasteiger partial charge in [-0.3, -0.25) is 9.78 Å². The molecule has 0 N–H and O–H groups in total. The van der Waals surface area contributed by atoms with Crippen molar-refractivity contribution >= 4 is 34.8 Å². The van der Waals surface area contributed by atoms with Crippen LogP contribution < -0.4 is 9.64 Å². The van der Waals surface area contributed by atoms with Gasteiger partial charge in [-0.15, -0.1) is 0 Å². The van der Waals surface area contributed by atoms with Gasteiger partial charge in [0, 0.05) is 23.8 Å². The van der Waals surface area contributed by atoms with Crippen molar-refractivity contribution in [3.8, 4) is 11.5 Å². The lowest BCUT2D eigenvalue weighted by molar-refractivity contribution is 0.0982. The number of hydrogen-bond donors (Lipinski definition) is 0. The average molecular weight is 417 g/mol. The molecule has 2 heterocycles. The Bertz CT molecular complexity index is 1060. The number of hydrogen-bond acceptors (Lipinski definition) is 3. The summed E-state index contributed by atoms with van der Waals surface area (Å²) in [5.74, 6) is -0.0982. The number of benzene rings is 2. The van der Waals surface area contributed by atoms with Gasteiger partial charge < -0.3 is 9.64 Å². The van der Waals surface area contributed by atoms with E-state index in [2.05, 4.69) is 4.98 Å². The smallest absolute Gasteiger partial charge is 0.262 e. The molecule has 1 aromatic heterocycles. The predicted octanol–water partition coefficient (Wildman–Crippen LogP) is 5.91. The fraction of sp³-hybridized carbons (Fsp3) is 0.143. The number of ether oxygens (including phenoxy) is 1. The maximum atomic E-state index is 13.8. The Morgan fingerprint density at radius 2 is 1.96 bits per heavy atom. The van der Waals surface area contributed by atoms with Crippen LogP contribution in [0.2, 0.25) is 10.0 Å². The zero-order chi connectivity index (χ0) is 19.7. The molecule has 0 saturated carbocycles. The molecule has 7 heteroatoms. The van der Waals surface area contributed by atoms with Crippen LogP contribution in [0, 0.1) is 5.82 Å². The van der Waals surface area contributed by atoms with E-state index >= 15 is 0 Å². The summed E-state index contributed by atoms with van der Waals surface area (Å²) < 4.78 is 19.6. The quantitative estimate of drug-likeness (QED) is 0.532. The summed E-state index contributed by atoms with van der Waals surface area (Å²) in [5.41, 5.74) is 1.83. The van der Waals surface area contributed by atoms with Gasteiger partial charge >= 0.3 is 0 Å². The first-order valence-corrected chi connectivity index (χ1v) is 9.46. The number of aryl methyl sites for hydroxylation is 1. The van der Waals surface area contributed by atoms with Crippen molar-refractivity contribution < 1.29 is 13.9 Å². The molecular formula is C21H15Cl2FN2O2. The first kappa shape index (κ1) is 18.7. The fourth-order valence-electron chi connectivity index (χ4n) is 3.22. The highest BCUT2D eigenvalue weighted by molar-refractivity contribution is 6.34. The standard InChI is InChI=1S/C21H15Cl2FN2O2/c22-14-4-6-17(23)19(10-14)28-20-12-25-8-7-16(20)21(27)26-9-1-2-13-3-5-15(24)11-18(13)26/h3-8,10-12H,1-2,9H2. The van der Waals surface area contributed by atoms with Crippen molar-refractivity contribution in [1.29, 1.82) is 0 Å². The molecule has 0 atom stereocenters. The predicted molar refractivity (Wildman–Crippen MR) is 107 cm³/mol. The van der Waals surface area contributed by atoms with Gasteiger partial charge in [-0.25, -0.2) is 4.39 Å². The molecular weight excluding hydrogens is 402 g/mol. The Hall–Kier alpha value is -2.63. The van der Waals surface area contributed by atoms with Gasteiger partial charge in [-0.2, -0.15) is 0 Å².